The SMILES string of the molecule is CCC(CC)C(=O)N1CCC(NC(=O)CC2CC3CCC(C2)N3)CC1. The van der Waals surface area contributed by atoms with Crippen LogP contribution in [0.5, 0.6) is 0 Å². The Bertz CT molecular complexity index is 458. The van der Waals surface area contributed by atoms with Gasteiger partial charge in [-0.15, -0.1) is 0 Å². The zero-order chi connectivity index (χ0) is 17.8. The maximum Gasteiger partial charge on any atom is 0.225 e. The fraction of sp³-hybridized carbons (Fsp3) is 0.900. The van der Waals surface area contributed by atoms with Crippen molar-refractivity contribution in [3.63, 3.8) is 0 Å². The number of amides is 2. The molecule has 2 unspecified atom stereocenters. The van der Waals surface area contributed by atoms with Crippen LogP contribution in [0.1, 0.15) is 71.6 Å². The molecule has 3 heterocycles. The fourth-order valence-electron chi connectivity index (χ4n) is 5.03. The normalized spacial score (nSPS) is 29.9. The number of carbonyl (C=O) groups excluding carboxylic acids is 2. The first-order chi connectivity index (χ1) is 12.1. The summed E-state index contributed by atoms with van der Waals surface area (Å²) in [6.07, 6.45) is 9.20. The van der Waals surface area contributed by atoms with Crippen molar-refractivity contribution in [2.45, 2.75) is 89.8 Å². The highest BCUT2D eigenvalue weighted by atomic mass is 16.2. The molecule has 0 spiro atoms. The summed E-state index contributed by atoms with van der Waals surface area (Å²) < 4.78 is 0. The predicted octanol–water partition coefficient (Wildman–Crippen LogP) is 2.45. The van der Waals surface area contributed by atoms with Crippen LogP contribution in [0.25, 0.3) is 0 Å². The van der Waals surface area contributed by atoms with Crippen molar-refractivity contribution in [3.8, 4) is 0 Å². The number of hydrogen-bond donors (Lipinski definition) is 2. The summed E-state index contributed by atoms with van der Waals surface area (Å²) in [5.41, 5.74) is 0. The smallest absolute Gasteiger partial charge is 0.225 e. The zero-order valence-electron chi connectivity index (χ0n) is 15.9. The maximum atomic E-state index is 12.5. The molecular weight excluding hydrogens is 314 g/mol. The van der Waals surface area contributed by atoms with Crippen molar-refractivity contribution >= 4 is 11.8 Å². The quantitative estimate of drug-likeness (QED) is 0.774. The first kappa shape index (κ1) is 18.7. The molecule has 2 N–H and O–H groups in total. The summed E-state index contributed by atoms with van der Waals surface area (Å²) in [5, 5.41) is 6.88. The number of likely N-dealkylation sites (tertiary alicyclic amines) is 1. The van der Waals surface area contributed by atoms with Gasteiger partial charge in [0, 0.05) is 43.6 Å². The van der Waals surface area contributed by atoms with E-state index >= 15 is 0 Å². The molecule has 0 radical (unpaired) electrons. The molecule has 0 aromatic carbocycles. The van der Waals surface area contributed by atoms with Crippen molar-refractivity contribution in [1.29, 1.82) is 0 Å². The Hall–Kier alpha value is -1.10. The predicted molar refractivity (Wildman–Crippen MR) is 99.1 cm³/mol. The van der Waals surface area contributed by atoms with E-state index in [1.807, 2.05) is 4.90 Å². The van der Waals surface area contributed by atoms with E-state index < -0.39 is 0 Å². The van der Waals surface area contributed by atoms with Gasteiger partial charge in [-0.05, 0) is 57.3 Å². The Morgan fingerprint density at radius 2 is 1.64 bits per heavy atom. The van der Waals surface area contributed by atoms with E-state index in [1.54, 1.807) is 0 Å². The van der Waals surface area contributed by atoms with Gasteiger partial charge in [0.05, 0.1) is 0 Å². The summed E-state index contributed by atoms with van der Waals surface area (Å²) in [4.78, 5) is 26.9. The van der Waals surface area contributed by atoms with Gasteiger partial charge >= 0.3 is 0 Å². The van der Waals surface area contributed by atoms with Gasteiger partial charge in [0.15, 0.2) is 0 Å². The minimum absolute atomic E-state index is 0.168. The number of fused-ring (bicyclic) bond motifs is 2. The van der Waals surface area contributed by atoms with Crippen LogP contribution in [0.4, 0.5) is 0 Å². The molecule has 25 heavy (non-hydrogen) atoms. The number of hydrogen-bond acceptors (Lipinski definition) is 3. The van der Waals surface area contributed by atoms with Crippen molar-refractivity contribution in [2.24, 2.45) is 11.8 Å². The molecule has 3 fully saturated rings. The third-order valence-corrected chi connectivity index (χ3v) is 6.55. The minimum atomic E-state index is 0.168. The lowest BCUT2D eigenvalue weighted by Crippen LogP contribution is -2.48. The molecule has 0 saturated carbocycles. The van der Waals surface area contributed by atoms with Crippen LogP contribution in [0, 0.1) is 11.8 Å². The number of nitrogens with zero attached hydrogens (tertiary/aromatic N) is 1. The summed E-state index contributed by atoms with van der Waals surface area (Å²) in [7, 11) is 0. The van der Waals surface area contributed by atoms with E-state index in [9.17, 15) is 9.59 Å². The topological polar surface area (TPSA) is 61.4 Å². The van der Waals surface area contributed by atoms with E-state index in [0.29, 0.717) is 30.3 Å². The number of carbonyl (C=O) groups is 2. The molecule has 2 atom stereocenters. The molecule has 0 aromatic heterocycles. The zero-order valence-corrected chi connectivity index (χ0v) is 15.9. The molecule has 5 nitrogen and oxygen atoms in total. The lowest BCUT2D eigenvalue weighted by atomic mass is 9.89. The van der Waals surface area contributed by atoms with Crippen molar-refractivity contribution in [1.82, 2.24) is 15.5 Å². The minimum Gasteiger partial charge on any atom is -0.353 e. The molecular formula is C20H35N3O2. The molecule has 3 saturated heterocycles. The van der Waals surface area contributed by atoms with Crippen LogP contribution >= 0.6 is 0 Å². The Morgan fingerprint density at radius 3 is 2.20 bits per heavy atom. The van der Waals surface area contributed by atoms with Crippen LogP contribution in [-0.4, -0.2) is 47.9 Å². The first-order valence-electron chi connectivity index (χ1n) is 10.4. The van der Waals surface area contributed by atoms with Gasteiger partial charge in [0.1, 0.15) is 0 Å². The average molecular weight is 350 g/mol. The van der Waals surface area contributed by atoms with Gasteiger partial charge in [-0.2, -0.15) is 0 Å². The van der Waals surface area contributed by atoms with Crippen molar-refractivity contribution < 1.29 is 9.59 Å². The highest BCUT2D eigenvalue weighted by molar-refractivity contribution is 5.79. The maximum absolute atomic E-state index is 12.5. The molecule has 0 aliphatic carbocycles. The van der Waals surface area contributed by atoms with Crippen LogP contribution in [0.3, 0.4) is 0 Å². The molecule has 5 heteroatoms. The molecule has 3 aliphatic rings. The average Bonchev–Trinajstić information content (AvgIpc) is 2.95. The van der Waals surface area contributed by atoms with Crippen molar-refractivity contribution in [3.05, 3.63) is 0 Å². The van der Waals surface area contributed by atoms with Crippen LogP contribution in [0.2, 0.25) is 0 Å². The van der Waals surface area contributed by atoms with E-state index in [-0.39, 0.29) is 17.9 Å². The van der Waals surface area contributed by atoms with Gasteiger partial charge in [0.25, 0.3) is 0 Å². The molecule has 3 rings (SSSR count). The monoisotopic (exact) mass is 349 g/mol. The first-order valence-corrected chi connectivity index (χ1v) is 10.4. The lowest BCUT2D eigenvalue weighted by molar-refractivity contribution is -0.137. The van der Waals surface area contributed by atoms with E-state index in [2.05, 4.69) is 24.5 Å². The van der Waals surface area contributed by atoms with Crippen LogP contribution < -0.4 is 10.6 Å². The highest BCUT2D eigenvalue weighted by Gasteiger charge is 2.34. The van der Waals surface area contributed by atoms with Crippen LogP contribution in [-0.2, 0) is 9.59 Å². The summed E-state index contributed by atoms with van der Waals surface area (Å²) >= 11 is 0. The van der Waals surface area contributed by atoms with Gasteiger partial charge in [-0.3, -0.25) is 9.59 Å². The third-order valence-electron chi connectivity index (χ3n) is 6.55. The Morgan fingerprint density at radius 1 is 1.04 bits per heavy atom. The largest absolute Gasteiger partial charge is 0.353 e. The van der Waals surface area contributed by atoms with E-state index in [1.165, 1.54) is 12.8 Å². The highest BCUT2D eigenvalue weighted by Crippen LogP contribution is 2.32. The molecule has 2 bridgehead atoms. The standard InChI is InChI=1S/C20H35N3O2/c1-3-15(4-2)20(25)23-9-7-16(8-10-23)22-19(24)13-14-11-17-5-6-18(12-14)21-17/h14-18,21H,3-13H2,1-2H3,(H,22,24). The van der Waals surface area contributed by atoms with Gasteiger partial charge in [0.2, 0.25) is 11.8 Å². The van der Waals surface area contributed by atoms with Gasteiger partial charge in [-0.25, -0.2) is 0 Å². The van der Waals surface area contributed by atoms with Crippen molar-refractivity contribution in [2.75, 3.05) is 13.1 Å². The van der Waals surface area contributed by atoms with E-state index in [0.717, 1.165) is 51.6 Å². The summed E-state index contributed by atoms with van der Waals surface area (Å²) in [5.74, 6) is 1.24. The molecule has 142 valence electrons. The van der Waals surface area contributed by atoms with Crippen LogP contribution in [0.15, 0.2) is 0 Å². The second-order valence-electron chi connectivity index (χ2n) is 8.36. The summed E-state index contributed by atoms with van der Waals surface area (Å²) in [6.45, 7) is 5.76. The lowest BCUT2D eigenvalue weighted by Gasteiger charge is -2.35. The second kappa shape index (κ2) is 8.52. The Kier molecular flexibility index (Phi) is 6.37. The molecule has 3 aliphatic heterocycles. The number of piperidine rings is 2. The number of rotatable bonds is 6. The third kappa shape index (κ3) is 4.75. The van der Waals surface area contributed by atoms with E-state index in [4.69, 9.17) is 0 Å². The second-order valence-corrected chi connectivity index (χ2v) is 8.36. The summed E-state index contributed by atoms with van der Waals surface area (Å²) in [6, 6.07) is 1.54. The number of nitrogens with one attached hydrogen (secondary N) is 2. The molecule has 0 aromatic rings. The van der Waals surface area contributed by atoms with Gasteiger partial charge in [-0.1, -0.05) is 13.8 Å². The Labute approximate surface area is 152 Å². The van der Waals surface area contributed by atoms with Gasteiger partial charge < -0.3 is 15.5 Å². The fourth-order valence-corrected chi connectivity index (χ4v) is 5.03. The molecule has 2 amide bonds. The Balaban J connectivity index is 1.38.